The third kappa shape index (κ3) is 4.35. The van der Waals surface area contributed by atoms with E-state index in [-0.39, 0.29) is 0 Å². The minimum absolute atomic E-state index is 0.442. The monoisotopic (exact) mass is 337 g/mol. The summed E-state index contributed by atoms with van der Waals surface area (Å²) in [5.74, 6) is 0.895. The predicted octanol–water partition coefficient (Wildman–Crippen LogP) is 3.26. The van der Waals surface area contributed by atoms with E-state index in [1.165, 1.54) is 0 Å². The molecule has 0 saturated heterocycles. The van der Waals surface area contributed by atoms with Gasteiger partial charge in [-0.05, 0) is 24.3 Å². The van der Waals surface area contributed by atoms with Crippen molar-refractivity contribution in [1.82, 2.24) is 15.1 Å². The molecule has 0 spiro atoms. The first-order chi connectivity index (χ1) is 9.54. The second-order valence-electron chi connectivity index (χ2n) is 5.06. The van der Waals surface area contributed by atoms with Gasteiger partial charge in [0.1, 0.15) is 12.4 Å². The van der Waals surface area contributed by atoms with Gasteiger partial charge in [0.2, 0.25) is 0 Å². The second kappa shape index (κ2) is 6.90. The first-order valence-electron chi connectivity index (χ1n) is 6.67. The maximum atomic E-state index is 5.89. The predicted molar refractivity (Wildman–Crippen MR) is 83.7 cm³/mol. The summed E-state index contributed by atoms with van der Waals surface area (Å²) in [7, 11) is 1.90. The van der Waals surface area contributed by atoms with E-state index < -0.39 is 0 Å². The van der Waals surface area contributed by atoms with E-state index in [1.54, 1.807) is 4.68 Å². The van der Waals surface area contributed by atoms with Crippen LogP contribution in [0, 0.1) is 0 Å². The molecule has 2 aromatic rings. The molecule has 0 fully saturated rings. The molecule has 0 unspecified atom stereocenters. The van der Waals surface area contributed by atoms with Gasteiger partial charge in [-0.15, -0.1) is 0 Å². The molecule has 0 bridgehead atoms. The smallest absolute Gasteiger partial charge is 0.132 e. The van der Waals surface area contributed by atoms with Crippen LogP contribution in [0.3, 0.4) is 0 Å². The van der Waals surface area contributed by atoms with E-state index in [2.05, 4.69) is 46.3 Å². The molecule has 0 amide bonds. The summed E-state index contributed by atoms with van der Waals surface area (Å²) >= 11 is 3.50. The largest absolute Gasteiger partial charge is 0.487 e. The van der Waals surface area contributed by atoms with Crippen LogP contribution < -0.4 is 10.1 Å². The lowest BCUT2D eigenvalue weighted by atomic mass is 10.2. The molecule has 0 saturated carbocycles. The average molecular weight is 338 g/mol. The Kier molecular flexibility index (Phi) is 5.20. The SMILES string of the molecule is CC(C)NCc1cc(Br)ccc1OCc1ccn(C)n1. The molecule has 1 heterocycles. The Morgan fingerprint density at radius 3 is 2.80 bits per heavy atom. The van der Waals surface area contributed by atoms with Crippen molar-refractivity contribution < 1.29 is 4.74 Å². The Bertz CT molecular complexity index is 566. The molecule has 0 radical (unpaired) electrons. The van der Waals surface area contributed by atoms with Gasteiger partial charge in [-0.2, -0.15) is 5.10 Å². The number of nitrogens with zero attached hydrogens (tertiary/aromatic N) is 2. The highest BCUT2D eigenvalue weighted by molar-refractivity contribution is 9.10. The van der Waals surface area contributed by atoms with Gasteiger partial charge in [0, 0.05) is 35.9 Å². The van der Waals surface area contributed by atoms with Crippen molar-refractivity contribution in [2.75, 3.05) is 0 Å². The highest BCUT2D eigenvalue weighted by Crippen LogP contribution is 2.24. The van der Waals surface area contributed by atoms with Crippen LogP contribution in [-0.2, 0) is 20.2 Å². The number of aryl methyl sites for hydroxylation is 1. The maximum Gasteiger partial charge on any atom is 0.132 e. The van der Waals surface area contributed by atoms with Crippen LogP contribution in [0.5, 0.6) is 5.75 Å². The number of hydrogen-bond acceptors (Lipinski definition) is 3. The van der Waals surface area contributed by atoms with Crippen molar-refractivity contribution in [1.29, 1.82) is 0 Å². The molecule has 0 aliphatic heterocycles. The van der Waals surface area contributed by atoms with Crippen molar-refractivity contribution in [3.05, 3.63) is 46.2 Å². The summed E-state index contributed by atoms with van der Waals surface area (Å²) in [6.45, 7) is 5.53. The number of hydrogen-bond donors (Lipinski definition) is 1. The number of halogens is 1. The van der Waals surface area contributed by atoms with Crippen LogP contribution >= 0.6 is 15.9 Å². The molecule has 0 aliphatic rings. The summed E-state index contributed by atoms with van der Waals surface area (Å²) in [4.78, 5) is 0. The van der Waals surface area contributed by atoms with Gasteiger partial charge < -0.3 is 10.1 Å². The molecular formula is C15H20BrN3O. The first-order valence-corrected chi connectivity index (χ1v) is 7.47. The molecule has 20 heavy (non-hydrogen) atoms. The lowest BCUT2D eigenvalue weighted by molar-refractivity contribution is 0.295. The lowest BCUT2D eigenvalue weighted by Crippen LogP contribution is -2.22. The van der Waals surface area contributed by atoms with Crippen LogP contribution in [0.1, 0.15) is 25.1 Å². The molecule has 4 nitrogen and oxygen atoms in total. The van der Waals surface area contributed by atoms with Gasteiger partial charge in [-0.3, -0.25) is 4.68 Å². The summed E-state index contributed by atoms with van der Waals surface area (Å²) in [5, 5.41) is 7.73. The van der Waals surface area contributed by atoms with Crippen LogP contribution in [-0.4, -0.2) is 15.8 Å². The topological polar surface area (TPSA) is 39.1 Å². The zero-order valence-corrected chi connectivity index (χ0v) is 13.6. The Hall–Kier alpha value is -1.33. The molecule has 5 heteroatoms. The van der Waals surface area contributed by atoms with Crippen LogP contribution in [0.15, 0.2) is 34.9 Å². The van der Waals surface area contributed by atoms with Gasteiger partial charge in [0.05, 0.1) is 5.69 Å². The van der Waals surface area contributed by atoms with Crippen LogP contribution in [0.4, 0.5) is 0 Å². The van der Waals surface area contributed by atoms with Gasteiger partial charge in [0.25, 0.3) is 0 Å². The van der Waals surface area contributed by atoms with Gasteiger partial charge in [-0.25, -0.2) is 0 Å². The normalized spacial score (nSPS) is 11.1. The number of nitrogens with one attached hydrogen (secondary N) is 1. The molecule has 1 N–H and O–H groups in total. The summed E-state index contributed by atoms with van der Waals surface area (Å²) in [5.41, 5.74) is 2.07. The molecule has 1 aromatic carbocycles. The number of ether oxygens (including phenoxy) is 1. The second-order valence-corrected chi connectivity index (χ2v) is 5.97. The molecule has 0 atom stereocenters. The quantitative estimate of drug-likeness (QED) is 0.879. The standard InChI is InChI=1S/C15H20BrN3O/c1-11(2)17-9-12-8-13(16)4-5-15(12)20-10-14-6-7-19(3)18-14/h4-8,11,17H,9-10H2,1-3H3. The zero-order valence-electron chi connectivity index (χ0n) is 12.1. The van der Waals surface area contributed by atoms with E-state index in [4.69, 9.17) is 4.74 Å². The summed E-state index contributed by atoms with van der Waals surface area (Å²) in [6, 6.07) is 8.48. The Balaban J connectivity index is 2.05. The Morgan fingerprint density at radius 1 is 1.35 bits per heavy atom. The van der Waals surface area contributed by atoms with E-state index in [0.29, 0.717) is 12.6 Å². The van der Waals surface area contributed by atoms with Crippen LogP contribution in [0.2, 0.25) is 0 Å². The van der Waals surface area contributed by atoms with E-state index in [9.17, 15) is 0 Å². The number of benzene rings is 1. The van der Waals surface area contributed by atoms with E-state index in [1.807, 2.05) is 31.4 Å². The highest BCUT2D eigenvalue weighted by atomic mass is 79.9. The third-order valence-electron chi connectivity index (χ3n) is 2.87. The Morgan fingerprint density at radius 2 is 2.15 bits per heavy atom. The minimum Gasteiger partial charge on any atom is -0.487 e. The molecule has 1 aromatic heterocycles. The molecular weight excluding hydrogens is 318 g/mol. The van der Waals surface area contributed by atoms with Crippen molar-refractivity contribution >= 4 is 15.9 Å². The number of rotatable bonds is 6. The van der Waals surface area contributed by atoms with Gasteiger partial charge in [0.15, 0.2) is 0 Å². The van der Waals surface area contributed by atoms with E-state index in [0.717, 1.165) is 28.0 Å². The minimum atomic E-state index is 0.442. The van der Waals surface area contributed by atoms with Crippen molar-refractivity contribution in [2.24, 2.45) is 7.05 Å². The fraction of sp³-hybridized carbons (Fsp3) is 0.400. The first kappa shape index (κ1) is 15.1. The molecule has 108 valence electrons. The Labute approximate surface area is 128 Å². The molecule has 2 rings (SSSR count). The number of aromatic nitrogens is 2. The highest BCUT2D eigenvalue weighted by Gasteiger charge is 2.07. The van der Waals surface area contributed by atoms with Crippen molar-refractivity contribution in [3.8, 4) is 5.75 Å². The zero-order chi connectivity index (χ0) is 14.5. The fourth-order valence-electron chi connectivity index (χ4n) is 1.83. The van der Waals surface area contributed by atoms with Crippen molar-refractivity contribution in [2.45, 2.75) is 33.0 Å². The van der Waals surface area contributed by atoms with Gasteiger partial charge in [-0.1, -0.05) is 29.8 Å². The average Bonchev–Trinajstić information content (AvgIpc) is 2.81. The van der Waals surface area contributed by atoms with Crippen molar-refractivity contribution in [3.63, 3.8) is 0 Å². The summed E-state index contributed by atoms with van der Waals surface area (Å²) in [6.07, 6.45) is 1.92. The van der Waals surface area contributed by atoms with Crippen LogP contribution in [0.25, 0.3) is 0 Å². The third-order valence-corrected chi connectivity index (χ3v) is 3.36. The fourth-order valence-corrected chi connectivity index (χ4v) is 2.24. The summed E-state index contributed by atoms with van der Waals surface area (Å²) < 4.78 is 8.72. The van der Waals surface area contributed by atoms with E-state index >= 15 is 0 Å². The maximum absolute atomic E-state index is 5.89. The lowest BCUT2D eigenvalue weighted by Gasteiger charge is -2.13. The van der Waals surface area contributed by atoms with Gasteiger partial charge >= 0.3 is 0 Å². The molecule has 0 aliphatic carbocycles.